The zero-order valence-corrected chi connectivity index (χ0v) is 13.6. The van der Waals surface area contributed by atoms with Gasteiger partial charge >= 0.3 is 5.97 Å². The minimum atomic E-state index is -0.984. The van der Waals surface area contributed by atoms with E-state index in [0.29, 0.717) is 12.3 Å². The number of carbonyl (C=O) groups is 1. The lowest BCUT2D eigenvalue weighted by molar-refractivity contribution is -0.139. The number of hydrogen-bond acceptors (Lipinski definition) is 4. The van der Waals surface area contributed by atoms with E-state index in [1.807, 2.05) is 47.3 Å². The second-order valence-electron chi connectivity index (χ2n) is 5.55. The molecule has 0 saturated carbocycles. The zero-order valence-electron chi connectivity index (χ0n) is 13.6. The number of aliphatic carboxylic acids is 1. The van der Waals surface area contributed by atoms with Gasteiger partial charge in [0, 0.05) is 25.5 Å². The number of nitrogens with zero attached hydrogens (tertiary/aromatic N) is 2. The summed E-state index contributed by atoms with van der Waals surface area (Å²) in [7, 11) is 0. The zero-order chi connectivity index (χ0) is 17.5. The quantitative estimate of drug-likeness (QED) is 0.661. The highest BCUT2D eigenvalue weighted by molar-refractivity contribution is 5.68. The second-order valence-corrected chi connectivity index (χ2v) is 5.55. The molecule has 0 amide bonds. The Balaban J connectivity index is 1.51. The molecule has 1 aromatic heterocycles. The third-order valence-electron chi connectivity index (χ3n) is 3.62. The molecule has 0 spiro atoms. The van der Waals surface area contributed by atoms with Crippen molar-refractivity contribution in [3.63, 3.8) is 0 Å². The lowest BCUT2D eigenvalue weighted by atomic mass is 10.2. The van der Waals surface area contributed by atoms with E-state index in [-0.39, 0.29) is 6.61 Å². The lowest BCUT2D eigenvalue weighted by Gasteiger charge is -2.08. The molecule has 0 atom stereocenters. The molecule has 6 nitrogen and oxygen atoms in total. The number of nitrogens with one attached hydrogen (secondary N) is 1. The van der Waals surface area contributed by atoms with Crippen LogP contribution in [-0.2, 0) is 17.9 Å². The predicted molar refractivity (Wildman–Crippen MR) is 93.7 cm³/mol. The fourth-order valence-electron chi connectivity index (χ4n) is 2.43. The summed E-state index contributed by atoms with van der Waals surface area (Å²) in [6.45, 7) is 1.07. The van der Waals surface area contributed by atoms with Gasteiger partial charge in [-0.2, -0.15) is 5.10 Å². The molecule has 2 N–H and O–H groups in total. The van der Waals surface area contributed by atoms with Crippen molar-refractivity contribution < 1.29 is 14.6 Å². The highest BCUT2D eigenvalue weighted by Gasteiger charge is 2.01. The maximum atomic E-state index is 10.5. The van der Waals surface area contributed by atoms with Crippen LogP contribution in [0.25, 0.3) is 5.69 Å². The summed E-state index contributed by atoms with van der Waals surface area (Å²) >= 11 is 0. The number of aromatic nitrogens is 2. The van der Waals surface area contributed by atoms with E-state index in [1.54, 1.807) is 12.3 Å². The van der Waals surface area contributed by atoms with Crippen molar-refractivity contribution in [1.82, 2.24) is 15.1 Å². The Morgan fingerprint density at radius 2 is 1.88 bits per heavy atom. The minimum Gasteiger partial charge on any atom is -0.482 e. The maximum absolute atomic E-state index is 10.5. The van der Waals surface area contributed by atoms with Crippen molar-refractivity contribution in [3.05, 3.63) is 78.1 Å². The number of carboxylic acids is 1. The third-order valence-corrected chi connectivity index (χ3v) is 3.62. The fourth-order valence-corrected chi connectivity index (χ4v) is 2.43. The number of carboxylic acid groups (broad SMARTS) is 1. The topological polar surface area (TPSA) is 76.4 Å². The van der Waals surface area contributed by atoms with E-state index in [2.05, 4.69) is 22.5 Å². The summed E-state index contributed by atoms with van der Waals surface area (Å²) in [5, 5.41) is 16.2. The first-order valence-corrected chi connectivity index (χ1v) is 7.94. The molecule has 0 saturated heterocycles. The summed E-state index contributed by atoms with van der Waals surface area (Å²) < 4.78 is 7.00. The molecular formula is C19H19N3O3. The van der Waals surface area contributed by atoms with Gasteiger partial charge in [0.1, 0.15) is 5.75 Å². The van der Waals surface area contributed by atoms with Crippen LogP contribution in [0.4, 0.5) is 0 Å². The Bertz CT molecular complexity index is 814. The van der Waals surface area contributed by atoms with E-state index in [4.69, 9.17) is 9.84 Å². The van der Waals surface area contributed by atoms with Crippen LogP contribution in [0.3, 0.4) is 0 Å². The van der Waals surface area contributed by atoms with Gasteiger partial charge in [-0.15, -0.1) is 0 Å². The van der Waals surface area contributed by atoms with Crippen molar-refractivity contribution in [2.24, 2.45) is 0 Å². The summed E-state index contributed by atoms with van der Waals surface area (Å²) in [5.41, 5.74) is 3.24. The van der Waals surface area contributed by atoms with Crippen LogP contribution in [0.2, 0.25) is 0 Å². The van der Waals surface area contributed by atoms with E-state index in [9.17, 15) is 4.79 Å². The Hall–Kier alpha value is -3.12. The third kappa shape index (κ3) is 4.92. The largest absolute Gasteiger partial charge is 0.482 e. The smallest absolute Gasteiger partial charge is 0.341 e. The van der Waals surface area contributed by atoms with Crippen molar-refractivity contribution >= 4 is 5.97 Å². The van der Waals surface area contributed by atoms with Crippen molar-refractivity contribution in [1.29, 1.82) is 0 Å². The van der Waals surface area contributed by atoms with E-state index in [0.717, 1.165) is 17.8 Å². The van der Waals surface area contributed by atoms with E-state index >= 15 is 0 Å². The van der Waals surface area contributed by atoms with Gasteiger partial charge in [0.25, 0.3) is 0 Å². The summed E-state index contributed by atoms with van der Waals surface area (Å²) in [6.07, 6.45) is 3.66. The van der Waals surface area contributed by atoms with Crippen LogP contribution >= 0.6 is 0 Å². The van der Waals surface area contributed by atoms with E-state index < -0.39 is 5.97 Å². The molecule has 0 fully saturated rings. The summed E-state index contributed by atoms with van der Waals surface area (Å²) in [5.74, 6) is -0.424. The van der Waals surface area contributed by atoms with Crippen LogP contribution in [-0.4, -0.2) is 27.5 Å². The molecular weight excluding hydrogens is 318 g/mol. The van der Waals surface area contributed by atoms with Crippen LogP contribution in [0.1, 0.15) is 11.1 Å². The molecule has 3 aromatic rings. The monoisotopic (exact) mass is 337 g/mol. The Labute approximate surface area is 145 Å². The maximum Gasteiger partial charge on any atom is 0.341 e. The van der Waals surface area contributed by atoms with Gasteiger partial charge in [-0.3, -0.25) is 0 Å². The minimum absolute atomic E-state index is 0.334. The molecule has 0 aliphatic rings. The number of benzene rings is 2. The van der Waals surface area contributed by atoms with Crippen LogP contribution in [0.5, 0.6) is 5.75 Å². The number of hydrogen-bond donors (Lipinski definition) is 2. The molecule has 25 heavy (non-hydrogen) atoms. The highest BCUT2D eigenvalue weighted by atomic mass is 16.5. The molecule has 0 aliphatic heterocycles. The molecule has 3 rings (SSSR count). The number of rotatable bonds is 8. The molecule has 0 unspecified atom stereocenters. The van der Waals surface area contributed by atoms with Crippen molar-refractivity contribution in [3.8, 4) is 11.4 Å². The predicted octanol–water partition coefficient (Wildman–Crippen LogP) is 2.63. The van der Waals surface area contributed by atoms with Gasteiger partial charge in [-0.1, -0.05) is 24.3 Å². The molecule has 1 heterocycles. The second kappa shape index (κ2) is 8.12. The van der Waals surface area contributed by atoms with Crippen LogP contribution in [0, 0.1) is 0 Å². The molecule has 0 aliphatic carbocycles. The van der Waals surface area contributed by atoms with Crippen molar-refractivity contribution in [2.45, 2.75) is 13.1 Å². The first kappa shape index (κ1) is 16.7. The van der Waals surface area contributed by atoms with Crippen LogP contribution in [0.15, 0.2) is 67.0 Å². The molecule has 128 valence electrons. The van der Waals surface area contributed by atoms with Gasteiger partial charge in [0.2, 0.25) is 0 Å². The Morgan fingerprint density at radius 3 is 2.60 bits per heavy atom. The Morgan fingerprint density at radius 1 is 1.08 bits per heavy atom. The van der Waals surface area contributed by atoms with Gasteiger partial charge in [-0.05, 0) is 41.5 Å². The molecule has 6 heteroatoms. The van der Waals surface area contributed by atoms with Gasteiger partial charge in [0.15, 0.2) is 6.61 Å². The number of ether oxygens (including phenoxy) is 1. The summed E-state index contributed by atoms with van der Waals surface area (Å²) in [6, 6.07) is 17.5. The average molecular weight is 337 g/mol. The molecule has 0 radical (unpaired) electrons. The first-order valence-electron chi connectivity index (χ1n) is 7.94. The fraction of sp³-hybridized carbons (Fsp3) is 0.158. The van der Waals surface area contributed by atoms with Gasteiger partial charge < -0.3 is 15.2 Å². The van der Waals surface area contributed by atoms with Crippen molar-refractivity contribution in [2.75, 3.05) is 6.61 Å². The normalized spacial score (nSPS) is 10.6. The SMILES string of the molecule is O=C(O)COc1cccc(CNCc2ccc(-n3cccn3)cc2)c1. The van der Waals surface area contributed by atoms with Gasteiger partial charge in [-0.25, -0.2) is 9.48 Å². The standard InChI is InChI=1S/C19H19N3O3/c23-19(24)14-25-18-4-1-3-16(11-18)13-20-12-15-5-7-17(8-6-15)22-10-2-9-21-22/h1-11,20H,12-14H2,(H,23,24). The first-order chi connectivity index (χ1) is 12.2. The Kier molecular flexibility index (Phi) is 5.43. The van der Waals surface area contributed by atoms with E-state index in [1.165, 1.54) is 5.56 Å². The molecule has 2 aromatic carbocycles. The summed E-state index contributed by atoms with van der Waals surface area (Å²) in [4.78, 5) is 10.5. The van der Waals surface area contributed by atoms with Crippen LogP contribution < -0.4 is 10.1 Å². The molecule has 0 bridgehead atoms. The van der Waals surface area contributed by atoms with Gasteiger partial charge in [0.05, 0.1) is 5.69 Å². The lowest BCUT2D eigenvalue weighted by Crippen LogP contribution is -2.13. The average Bonchev–Trinajstić information content (AvgIpc) is 3.16. The highest BCUT2D eigenvalue weighted by Crippen LogP contribution is 2.13.